The van der Waals surface area contributed by atoms with Gasteiger partial charge in [-0.2, -0.15) is 23.4 Å². The molecule has 0 aliphatic carbocycles. The third-order valence-corrected chi connectivity index (χ3v) is 5.46. The molecule has 10 heteroatoms. The van der Waals surface area contributed by atoms with Crippen molar-refractivity contribution in [2.45, 2.75) is 39.5 Å². The van der Waals surface area contributed by atoms with Gasteiger partial charge < -0.3 is 5.32 Å². The van der Waals surface area contributed by atoms with E-state index in [9.17, 15) is 18.0 Å². The molecule has 0 saturated heterocycles. The number of thiophene rings is 1. The number of carbonyl (C=O) groups is 1. The first-order valence-electron chi connectivity index (χ1n) is 8.00. The molecule has 1 amide bonds. The highest BCUT2D eigenvalue weighted by Gasteiger charge is 2.37. The summed E-state index contributed by atoms with van der Waals surface area (Å²) in [5.74, 6) is -0.421. The molecule has 1 atom stereocenters. The first-order chi connectivity index (χ1) is 12.1. The zero-order valence-electron chi connectivity index (χ0n) is 14.7. The zero-order chi connectivity index (χ0) is 19.2. The lowest BCUT2D eigenvalue weighted by molar-refractivity contribution is -0.140. The van der Waals surface area contributed by atoms with Gasteiger partial charge in [0.25, 0.3) is 5.91 Å². The van der Waals surface area contributed by atoms with Crippen molar-refractivity contribution in [3.63, 3.8) is 0 Å². The van der Waals surface area contributed by atoms with Gasteiger partial charge in [0.05, 0.1) is 17.1 Å². The number of aromatic nitrogens is 4. The minimum atomic E-state index is -4.56. The van der Waals surface area contributed by atoms with Crippen LogP contribution in [0, 0.1) is 6.92 Å². The van der Waals surface area contributed by atoms with Gasteiger partial charge in [-0.15, -0.1) is 11.3 Å². The Morgan fingerprint density at radius 1 is 1.42 bits per heavy atom. The predicted octanol–water partition coefficient (Wildman–Crippen LogP) is 3.67. The maximum Gasteiger partial charge on any atom is 0.435 e. The van der Waals surface area contributed by atoms with Gasteiger partial charge in [0.2, 0.25) is 0 Å². The average molecular weight is 385 g/mol. The van der Waals surface area contributed by atoms with E-state index in [0.29, 0.717) is 4.83 Å². The van der Waals surface area contributed by atoms with Gasteiger partial charge in [0.1, 0.15) is 4.83 Å². The fourth-order valence-corrected chi connectivity index (χ4v) is 3.89. The highest BCUT2D eigenvalue weighted by atomic mass is 32.1. The maximum absolute atomic E-state index is 13.1. The van der Waals surface area contributed by atoms with Crippen molar-refractivity contribution in [1.29, 1.82) is 0 Å². The second-order valence-corrected chi connectivity index (χ2v) is 7.03. The average Bonchev–Trinajstić information content (AvgIpc) is 3.21. The molecular weight excluding hydrogens is 367 g/mol. The van der Waals surface area contributed by atoms with Crippen molar-refractivity contribution in [3.05, 3.63) is 34.1 Å². The number of fused-ring (bicyclic) bond motifs is 1. The Balaban J connectivity index is 1.87. The molecule has 0 aliphatic rings. The number of nitrogens with zero attached hydrogens (tertiary/aromatic N) is 4. The second-order valence-electron chi connectivity index (χ2n) is 6.00. The predicted molar refractivity (Wildman–Crippen MR) is 92.1 cm³/mol. The molecule has 0 aliphatic heterocycles. The van der Waals surface area contributed by atoms with Crippen LogP contribution in [0.4, 0.5) is 13.2 Å². The molecule has 1 N–H and O–H groups in total. The largest absolute Gasteiger partial charge is 0.435 e. The minimum absolute atomic E-state index is 0.0576. The molecule has 3 rings (SSSR count). The molecule has 0 radical (unpaired) electrons. The van der Waals surface area contributed by atoms with Crippen LogP contribution in [-0.4, -0.2) is 25.5 Å². The SMILES string of the molecule is CCn1ncc([C@H](C)NC(=O)c2cc3c(C(F)(F)F)nn(C)c3s2)c1C. The lowest BCUT2D eigenvalue weighted by Gasteiger charge is -2.13. The molecule has 0 saturated carbocycles. The van der Waals surface area contributed by atoms with Crippen molar-refractivity contribution >= 4 is 27.5 Å². The van der Waals surface area contributed by atoms with Crippen LogP contribution in [0.15, 0.2) is 12.3 Å². The minimum Gasteiger partial charge on any atom is -0.345 e. The summed E-state index contributed by atoms with van der Waals surface area (Å²) in [4.78, 5) is 13.0. The summed E-state index contributed by atoms with van der Waals surface area (Å²) in [6.45, 7) is 6.42. The van der Waals surface area contributed by atoms with E-state index in [-0.39, 0.29) is 16.3 Å². The lowest BCUT2D eigenvalue weighted by atomic mass is 10.1. The molecule has 0 aromatic carbocycles. The maximum atomic E-state index is 13.1. The molecule has 26 heavy (non-hydrogen) atoms. The normalized spacial score (nSPS) is 13.3. The van der Waals surface area contributed by atoms with Crippen LogP contribution in [0.25, 0.3) is 10.2 Å². The highest BCUT2D eigenvalue weighted by molar-refractivity contribution is 7.20. The van der Waals surface area contributed by atoms with Gasteiger partial charge in [0.15, 0.2) is 5.69 Å². The number of aryl methyl sites for hydroxylation is 2. The first kappa shape index (κ1) is 18.4. The van der Waals surface area contributed by atoms with Gasteiger partial charge in [-0.1, -0.05) is 0 Å². The molecule has 6 nitrogen and oxygen atoms in total. The number of hydrogen-bond donors (Lipinski definition) is 1. The summed E-state index contributed by atoms with van der Waals surface area (Å²) in [6.07, 6.45) is -2.87. The van der Waals surface area contributed by atoms with E-state index < -0.39 is 17.8 Å². The van der Waals surface area contributed by atoms with Crippen LogP contribution in [0.5, 0.6) is 0 Å². The fraction of sp³-hybridized carbons (Fsp3) is 0.438. The Hall–Kier alpha value is -2.36. The topological polar surface area (TPSA) is 64.7 Å². The number of nitrogens with one attached hydrogen (secondary N) is 1. The van der Waals surface area contributed by atoms with Crippen molar-refractivity contribution < 1.29 is 18.0 Å². The molecular formula is C16H18F3N5OS. The number of amides is 1. The van der Waals surface area contributed by atoms with Crippen molar-refractivity contribution in [2.75, 3.05) is 0 Å². The highest BCUT2D eigenvalue weighted by Crippen LogP contribution is 2.37. The zero-order valence-corrected chi connectivity index (χ0v) is 15.5. The molecule has 3 aromatic rings. The number of carbonyl (C=O) groups excluding carboxylic acids is 1. The van der Waals surface area contributed by atoms with Crippen molar-refractivity contribution in [2.24, 2.45) is 7.05 Å². The third-order valence-electron chi connectivity index (χ3n) is 4.26. The quantitative estimate of drug-likeness (QED) is 0.745. The molecule has 0 spiro atoms. The summed E-state index contributed by atoms with van der Waals surface area (Å²) in [6, 6.07) is 0.938. The summed E-state index contributed by atoms with van der Waals surface area (Å²) < 4.78 is 42.2. The molecule has 140 valence electrons. The monoisotopic (exact) mass is 385 g/mol. The van der Waals surface area contributed by atoms with Crippen LogP contribution in [0.3, 0.4) is 0 Å². The summed E-state index contributed by atoms with van der Waals surface area (Å²) in [7, 11) is 1.43. The van der Waals surface area contributed by atoms with Gasteiger partial charge in [-0.25, -0.2) is 0 Å². The molecule has 3 aromatic heterocycles. The Morgan fingerprint density at radius 2 is 2.12 bits per heavy atom. The van der Waals surface area contributed by atoms with Gasteiger partial charge >= 0.3 is 6.18 Å². The summed E-state index contributed by atoms with van der Waals surface area (Å²) >= 11 is 0.988. The molecule has 0 fully saturated rings. The van der Waals surface area contributed by atoms with E-state index >= 15 is 0 Å². The lowest BCUT2D eigenvalue weighted by Crippen LogP contribution is -2.26. The Labute approximate surface area is 151 Å². The van der Waals surface area contributed by atoms with Crippen LogP contribution in [0.1, 0.15) is 46.5 Å². The van der Waals surface area contributed by atoms with Crippen LogP contribution in [0.2, 0.25) is 0 Å². The van der Waals surface area contributed by atoms with E-state index in [1.54, 1.807) is 6.20 Å². The van der Waals surface area contributed by atoms with Gasteiger partial charge in [-0.3, -0.25) is 14.2 Å². The number of hydrogen-bond acceptors (Lipinski definition) is 4. The van der Waals surface area contributed by atoms with Crippen LogP contribution in [-0.2, 0) is 19.8 Å². The van der Waals surface area contributed by atoms with E-state index in [4.69, 9.17) is 0 Å². The fourth-order valence-electron chi connectivity index (χ4n) is 2.91. The molecule has 0 bridgehead atoms. The van der Waals surface area contributed by atoms with E-state index in [2.05, 4.69) is 15.5 Å². The van der Waals surface area contributed by atoms with Gasteiger partial charge in [0, 0.05) is 30.2 Å². The van der Waals surface area contributed by atoms with E-state index in [1.165, 1.54) is 13.1 Å². The van der Waals surface area contributed by atoms with Crippen molar-refractivity contribution in [3.8, 4) is 0 Å². The smallest absolute Gasteiger partial charge is 0.345 e. The first-order valence-corrected chi connectivity index (χ1v) is 8.82. The van der Waals surface area contributed by atoms with Crippen LogP contribution >= 0.6 is 11.3 Å². The van der Waals surface area contributed by atoms with Crippen LogP contribution < -0.4 is 5.32 Å². The van der Waals surface area contributed by atoms with E-state index in [1.807, 2.05) is 25.5 Å². The summed E-state index contributed by atoms with van der Waals surface area (Å²) in [5.41, 5.74) is 0.845. The summed E-state index contributed by atoms with van der Waals surface area (Å²) in [5, 5.41) is 10.5. The van der Waals surface area contributed by atoms with Gasteiger partial charge in [-0.05, 0) is 26.8 Å². The van der Waals surface area contributed by atoms with E-state index in [0.717, 1.165) is 33.8 Å². The standard InChI is InChI=1S/C16H18F3N5OS/c1-5-24-9(3)11(7-20-24)8(2)21-14(25)12-6-10-13(16(17,18)19)22-23(4)15(10)26-12/h6-8H,5H2,1-4H3,(H,21,25)/t8-/m0/s1. The molecule has 3 heterocycles. The Bertz CT molecular complexity index is 969. The Kier molecular flexibility index (Phi) is 4.55. The number of halogens is 3. The number of rotatable bonds is 4. The van der Waals surface area contributed by atoms with Crippen molar-refractivity contribution in [1.82, 2.24) is 24.9 Å². The number of alkyl halides is 3. The molecule has 0 unspecified atom stereocenters. The Morgan fingerprint density at radius 3 is 2.69 bits per heavy atom. The third kappa shape index (κ3) is 3.09. The second kappa shape index (κ2) is 6.42.